The van der Waals surface area contributed by atoms with E-state index in [4.69, 9.17) is 0 Å². The zero-order valence-electron chi connectivity index (χ0n) is 28.9. The minimum Gasteiger partial charge on any atom is -0.393 e. The van der Waals surface area contributed by atoms with E-state index in [2.05, 4.69) is 78.0 Å². The van der Waals surface area contributed by atoms with E-state index in [1.165, 1.54) is 0 Å². The van der Waals surface area contributed by atoms with Gasteiger partial charge in [-0.05, 0) is 76.4 Å². The van der Waals surface area contributed by atoms with E-state index >= 15 is 0 Å². The van der Waals surface area contributed by atoms with Gasteiger partial charge in [0.2, 0.25) is 0 Å². The fourth-order valence-corrected chi connectivity index (χ4v) is 6.72. The van der Waals surface area contributed by atoms with E-state index in [1.54, 1.807) is 13.8 Å². The number of hydrogen-bond acceptors (Lipinski definition) is 4. The normalized spacial score (nSPS) is 32.8. The van der Waals surface area contributed by atoms with Gasteiger partial charge in [-0.25, -0.2) is 0 Å². The van der Waals surface area contributed by atoms with E-state index < -0.39 is 23.4 Å². The van der Waals surface area contributed by atoms with Crippen LogP contribution in [0.1, 0.15) is 94.9 Å². The third kappa shape index (κ3) is 11.6. The summed E-state index contributed by atoms with van der Waals surface area (Å²) in [5.74, 6) is 0. The standard InChI is InChI=1S/C40H58O4/c1-29(17-13-19-31(3)21-23-35-37(5,6)25-33(41)27-39(35,9)43)15-11-12-16-30(2)18-14-20-32(4)22-24-36-38(7,8)26-34(42)28-40(36,10)44/h11-24,33-34,41-44H,25-28H2,1-10H3. The van der Waals surface area contributed by atoms with Crippen LogP contribution < -0.4 is 0 Å². The first kappa shape index (κ1) is 37.4. The van der Waals surface area contributed by atoms with Gasteiger partial charge < -0.3 is 20.4 Å². The monoisotopic (exact) mass is 602 g/mol. The third-order valence-electron chi connectivity index (χ3n) is 8.67. The second-order valence-electron chi connectivity index (χ2n) is 14.7. The first-order valence-corrected chi connectivity index (χ1v) is 15.9. The zero-order valence-corrected chi connectivity index (χ0v) is 28.9. The molecule has 4 atom stereocenters. The van der Waals surface area contributed by atoms with Gasteiger partial charge in [-0.15, -0.1) is 0 Å². The van der Waals surface area contributed by atoms with Crippen molar-refractivity contribution in [1.29, 1.82) is 0 Å². The topological polar surface area (TPSA) is 80.9 Å². The number of rotatable bonds is 9. The van der Waals surface area contributed by atoms with E-state index in [1.807, 2.05) is 62.5 Å². The van der Waals surface area contributed by atoms with Crippen molar-refractivity contribution in [2.45, 2.75) is 118 Å². The predicted molar refractivity (Wildman–Crippen MR) is 187 cm³/mol. The Hall–Kier alpha value is -2.76. The molecule has 0 aromatic carbocycles. The fourth-order valence-electron chi connectivity index (χ4n) is 6.72. The number of hydrogen-bond donors (Lipinski definition) is 4. The summed E-state index contributed by atoms with van der Waals surface area (Å²) in [6.07, 6.45) is 29.7. The highest BCUT2D eigenvalue weighted by Gasteiger charge is 2.44. The molecule has 44 heavy (non-hydrogen) atoms. The molecule has 2 saturated carbocycles. The van der Waals surface area contributed by atoms with Crippen LogP contribution in [-0.4, -0.2) is 43.8 Å². The number of allylic oxidation sites excluding steroid dienone is 18. The summed E-state index contributed by atoms with van der Waals surface area (Å²) >= 11 is 0. The van der Waals surface area contributed by atoms with Crippen molar-refractivity contribution in [2.75, 3.05) is 0 Å². The van der Waals surface area contributed by atoms with Crippen LogP contribution in [0.25, 0.3) is 0 Å². The molecule has 0 amide bonds. The van der Waals surface area contributed by atoms with Gasteiger partial charge in [0.25, 0.3) is 0 Å². The van der Waals surface area contributed by atoms with Crippen LogP contribution in [-0.2, 0) is 0 Å². The Kier molecular flexibility index (Phi) is 13.2. The van der Waals surface area contributed by atoms with Crippen LogP contribution in [0, 0.1) is 10.8 Å². The summed E-state index contributed by atoms with van der Waals surface area (Å²) in [6, 6.07) is 0. The number of aliphatic hydroxyl groups is 4. The Labute approximate surface area is 267 Å². The molecule has 2 fully saturated rings. The summed E-state index contributed by atoms with van der Waals surface area (Å²) in [5, 5.41) is 42.0. The molecular formula is C40H58O4. The molecule has 4 heteroatoms. The zero-order chi connectivity index (χ0) is 33.3. The summed E-state index contributed by atoms with van der Waals surface area (Å²) in [7, 11) is 0. The van der Waals surface area contributed by atoms with Crippen molar-refractivity contribution >= 4 is 0 Å². The maximum atomic E-state index is 10.9. The lowest BCUT2D eigenvalue weighted by molar-refractivity contribution is -0.0279. The Bertz CT molecular complexity index is 1170. The summed E-state index contributed by atoms with van der Waals surface area (Å²) in [4.78, 5) is 0. The average Bonchev–Trinajstić information content (AvgIpc) is 2.83. The van der Waals surface area contributed by atoms with E-state index in [0.717, 1.165) is 33.4 Å². The Morgan fingerprint density at radius 3 is 1.11 bits per heavy atom. The van der Waals surface area contributed by atoms with Gasteiger partial charge in [0.15, 0.2) is 0 Å². The molecule has 0 aromatic rings. The molecule has 0 bridgehead atoms. The van der Waals surface area contributed by atoms with Crippen LogP contribution >= 0.6 is 0 Å². The van der Waals surface area contributed by atoms with Crippen molar-refractivity contribution in [3.63, 3.8) is 0 Å². The lowest BCUT2D eigenvalue weighted by atomic mass is 9.65. The van der Waals surface area contributed by atoms with Gasteiger partial charge in [0.05, 0.1) is 23.4 Å². The second kappa shape index (κ2) is 15.5. The van der Waals surface area contributed by atoms with Gasteiger partial charge in [0, 0.05) is 12.8 Å². The fraction of sp³-hybridized carbons (Fsp3) is 0.500. The molecule has 242 valence electrons. The SMILES string of the molecule is CC(C=CC=CC(C)=CC=CC(C)=CC=C1C(C)(C)CC(O)CC1(C)O)=CC=CC(C)=CC=C1C(C)(C)CC(O)CC1(C)O. The van der Waals surface area contributed by atoms with Crippen LogP contribution in [0.3, 0.4) is 0 Å². The predicted octanol–water partition coefficient (Wildman–Crippen LogP) is 8.71. The molecule has 0 aromatic heterocycles. The van der Waals surface area contributed by atoms with E-state index in [9.17, 15) is 20.4 Å². The molecule has 0 saturated heterocycles. The van der Waals surface area contributed by atoms with Gasteiger partial charge in [-0.3, -0.25) is 0 Å². The lowest BCUT2D eigenvalue weighted by Crippen LogP contribution is -2.45. The molecule has 4 unspecified atom stereocenters. The molecule has 0 heterocycles. The number of aliphatic hydroxyl groups excluding tert-OH is 2. The minimum absolute atomic E-state index is 0.253. The average molecular weight is 603 g/mol. The molecule has 2 rings (SSSR count). The first-order chi connectivity index (χ1) is 20.2. The second-order valence-corrected chi connectivity index (χ2v) is 14.7. The van der Waals surface area contributed by atoms with Crippen LogP contribution in [0.5, 0.6) is 0 Å². The van der Waals surface area contributed by atoms with Gasteiger partial charge in [-0.2, -0.15) is 0 Å². The maximum Gasteiger partial charge on any atom is 0.0861 e. The summed E-state index contributed by atoms with van der Waals surface area (Å²) in [6.45, 7) is 20.1. The molecule has 0 aliphatic heterocycles. The van der Waals surface area contributed by atoms with Crippen molar-refractivity contribution in [1.82, 2.24) is 0 Å². The van der Waals surface area contributed by atoms with Crippen LogP contribution in [0.4, 0.5) is 0 Å². The molecular weight excluding hydrogens is 544 g/mol. The van der Waals surface area contributed by atoms with E-state index in [0.29, 0.717) is 25.7 Å². The Morgan fingerprint density at radius 1 is 0.500 bits per heavy atom. The van der Waals surface area contributed by atoms with Crippen molar-refractivity contribution < 1.29 is 20.4 Å². The highest BCUT2D eigenvalue weighted by molar-refractivity contribution is 5.36. The van der Waals surface area contributed by atoms with Crippen LogP contribution in [0.2, 0.25) is 0 Å². The molecule has 4 N–H and O–H groups in total. The highest BCUT2D eigenvalue weighted by atomic mass is 16.3. The summed E-state index contributed by atoms with van der Waals surface area (Å²) < 4.78 is 0. The largest absolute Gasteiger partial charge is 0.393 e. The van der Waals surface area contributed by atoms with Crippen molar-refractivity contribution in [3.8, 4) is 0 Å². The molecule has 4 nitrogen and oxygen atoms in total. The van der Waals surface area contributed by atoms with E-state index in [-0.39, 0.29) is 10.8 Å². The minimum atomic E-state index is -1.00. The smallest absolute Gasteiger partial charge is 0.0861 e. The Morgan fingerprint density at radius 2 is 0.795 bits per heavy atom. The molecule has 2 aliphatic carbocycles. The van der Waals surface area contributed by atoms with Gasteiger partial charge >= 0.3 is 0 Å². The molecule has 0 spiro atoms. The Balaban J connectivity index is 1.95. The lowest BCUT2D eigenvalue weighted by Gasteiger charge is -2.45. The summed E-state index contributed by atoms with van der Waals surface area (Å²) in [5.41, 5.74) is 3.85. The maximum absolute atomic E-state index is 10.9. The molecule has 0 radical (unpaired) electrons. The van der Waals surface area contributed by atoms with Crippen molar-refractivity contribution in [3.05, 3.63) is 119 Å². The molecule has 2 aliphatic rings. The van der Waals surface area contributed by atoms with Crippen molar-refractivity contribution in [2.24, 2.45) is 10.8 Å². The highest BCUT2D eigenvalue weighted by Crippen LogP contribution is 2.46. The van der Waals surface area contributed by atoms with Gasteiger partial charge in [0.1, 0.15) is 0 Å². The third-order valence-corrected chi connectivity index (χ3v) is 8.67. The first-order valence-electron chi connectivity index (χ1n) is 15.9. The van der Waals surface area contributed by atoms with Gasteiger partial charge in [-0.1, -0.05) is 135 Å². The quantitative estimate of drug-likeness (QED) is 0.199. The van der Waals surface area contributed by atoms with Crippen LogP contribution in [0.15, 0.2) is 119 Å².